The fourth-order valence-corrected chi connectivity index (χ4v) is 1.95. The van der Waals surface area contributed by atoms with Gasteiger partial charge in [0.1, 0.15) is 0 Å². The molecule has 17 heavy (non-hydrogen) atoms. The van der Waals surface area contributed by atoms with Crippen LogP contribution in [-0.2, 0) is 6.54 Å². The van der Waals surface area contributed by atoms with Gasteiger partial charge in [-0.3, -0.25) is 9.88 Å². The van der Waals surface area contributed by atoms with Crippen molar-refractivity contribution in [2.45, 2.75) is 31.8 Å². The van der Waals surface area contributed by atoms with E-state index < -0.39 is 0 Å². The van der Waals surface area contributed by atoms with E-state index in [4.69, 9.17) is 5.26 Å². The number of hydrogen-bond acceptors (Lipinski definition) is 4. The van der Waals surface area contributed by atoms with Crippen molar-refractivity contribution in [3.63, 3.8) is 0 Å². The van der Waals surface area contributed by atoms with Crippen LogP contribution in [0.4, 0.5) is 5.69 Å². The standard InChI is InChI=1S/C13H18N4/c1-15-11-5-7-16-12(9-11)10-17(8-2-6-14)13-3-4-13/h5,7,9,13H,2-4,8,10H2,1H3,(H,15,16). The lowest BCUT2D eigenvalue weighted by Crippen LogP contribution is -2.27. The third-order valence-electron chi connectivity index (χ3n) is 3.04. The smallest absolute Gasteiger partial charge is 0.0635 e. The monoisotopic (exact) mass is 230 g/mol. The van der Waals surface area contributed by atoms with Crippen molar-refractivity contribution in [3.8, 4) is 6.07 Å². The molecule has 1 heterocycles. The van der Waals surface area contributed by atoms with Crippen molar-refractivity contribution < 1.29 is 0 Å². The summed E-state index contributed by atoms with van der Waals surface area (Å²) in [6, 6.07) is 6.91. The lowest BCUT2D eigenvalue weighted by Gasteiger charge is -2.20. The average Bonchev–Trinajstić information content (AvgIpc) is 3.19. The van der Waals surface area contributed by atoms with Gasteiger partial charge in [0.15, 0.2) is 0 Å². The number of rotatable bonds is 6. The van der Waals surface area contributed by atoms with Gasteiger partial charge in [0.25, 0.3) is 0 Å². The molecule has 1 saturated carbocycles. The van der Waals surface area contributed by atoms with Crippen molar-refractivity contribution in [2.24, 2.45) is 0 Å². The van der Waals surface area contributed by atoms with E-state index in [9.17, 15) is 0 Å². The summed E-state index contributed by atoms with van der Waals surface area (Å²) in [6.07, 6.45) is 4.95. The molecular weight excluding hydrogens is 212 g/mol. The van der Waals surface area contributed by atoms with Gasteiger partial charge in [0, 0.05) is 44.5 Å². The summed E-state index contributed by atoms with van der Waals surface area (Å²) in [6.45, 7) is 1.70. The first-order chi connectivity index (χ1) is 8.33. The molecule has 1 aliphatic rings. The molecule has 0 amide bonds. The average molecular weight is 230 g/mol. The van der Waals surface area contributed by atoms with Gasteiger partial charge in [-0.1, -0.05) is 0 Å². The number of aromatic nitrogens is 1. The van der Waals surface area contributed by atoms with E-state index in [1.165, 1.54) is 12.8 Å². The molecule has 90 valence electrons. The first kappa shape index (κ1) is 11.9. The Balaban J connectivity index is 1.98. The largest absolute Gasteiger partial charge is 0.388 e. The SMILES string of the molecule is CNc1ccnc(CN(CCC#N)C2CC2)c1. The van der Waals surface area contributed by atoms with Gasteiger partial charge in [-0.2, -0.15) is 5.26 Å². The predicted octanol–water partition coefficient (Wildman–Crippen LogP) is 2.00. The number of hydrogen-bond donors (Lipinski definition) is 1. The fraction of sp³-hybridized carbons (Fsp3) is 0.538. The van der Waals surface area contributed by atoms with Crippen molar-refractivity contribution in [1.82, 2.24) is 9.88 Å². The molecule has 1 N–H and O–H groups in total. The minimum absolute atomic E-state index is 0.599. The molecule has 0 saturated heterocycles. The molecule has 0 unspecified atom stereocenters. The highest BCUT2D eigenvalue weighted by atomic mass is 15.2. The zero-order valence-corrected chi connectivity index (χ0v) is 10.2. The quantitative estimate of drug-likeness (QED) is 0.812. The molecule has 4 nitrogen and oxygen atoms in total. The maximum absolute atomic E-state index is 8.66. The highest BCUT2D eigenvalue weighted by Gasteiger charge is 2.28. The molecule has 1 aromatic rings. The van der Waals surface area contributed by atoms with Crippen LogP contribution in [0.2, 0.25) is 0 Å². The third kappa shape index (κ3) is 3.43. The zero-order chi connectivity index (χ0) is 12.1. The first-order valence-corrected chi connectivity index (χ1v) is 6.07. The molecule has 2 rings (SSSR count). The van der Waals surface area contributed by atoms with Crippen LogP contribution in [0.5, 0.6) is 0 Å². The molecular formula is C13H18N4. The molecule has 1 fully saturated rings. The number of pyridine rings is 1. The molecule has 1 aromatic heterocycles. The summed E-state index contributed by atoms with van der Waals surface area (Å²) in [5.74, 6) is 0. The van der Waals surface area contributed by atoms with Crippen LogP contribution < -0.4 is 5.32 Å². The van der Waals surface area contributed by atoms with Crippen LogP contribution in [0.3, 0.4) is 0 Å². The first-order valence-electron chi connectivity index (χ1n) is 6.07. The second kappa shape index (κ2) is 5.65. The Morgan fingerprint density at radius 3 is 3.06 bits per heavy atom. The Labute approximate surface area is 102 Å². The van der Waals surface area contributed by atoms with E-state index in [1.54, 1.807) is 0 Å². The normalized spacial score (nSPS) is 14.6. The Bertz CT molecular complexity index is 406. The fourth-order valence-electron chi connectivity index (χ4n) is 1.95. The Hall–Kier alpha value is -1.60. The van der Waals surface area contributed by atoms with Gasteiger partial charge in [0.2, 0.25) is 0 Å². The van der Waals surface area contributed by atoms with Crippen LogP contribution in [0, 0.1) is 11.3 Å². The van der Waals surface area contributed by atoms with Crippen molar-refractivity contribution in [3.05, 3.63) is 24.0 Å². The molecule has 0 radical (unpaired) electrons. The van der Waals surface area contributed by atoms with Crippen LogP contribution in [-0.4, -0.2) is 29.5 Å². The van der Waals surface area contributed by atoms with Gasteiger partial charge < -0.3 is 5.32 Å². The topological polar surface area (TPSA) is 52.0 Å². The lowest BCUT2D eigenvalue weighted by molar-refractivity contribution is 0.258. The molecule has 0 bridgehead atoms. The molecule has 0 aliphatic heterocycles. The van der Waals surface area contributed by atoms with Gasteiger partial charge in [0.05, 0.1) is 11.8 Å². The molecule has 0 spiro atoms. The maximum Gasteiger partial charge on any atom is 0.0635 e. The predicted molar refractivity (Wildman–Crippen MR) is 67.4 cm³/mol. The summed E-state index contributed by atoms with van der Waals surface area (Å²) >= 11 is 0. The highest BCUT2D eigenvalue weighted by molar-refractivity contribution is 5.42. The van der Waals surface area contributed by atoms with Crippen LogP contribution in [0.1, 0.15) is 25.0 Å². The van der Waals surface area contributed by atoms with Gasteiger partial charge >= 0.3 is 0 Å². The number of nitrogens with zero attached hydrogens (tertiary/aromatic N) is 3. The second-order valence-corrected chi connectivity index (χ2v) is 4.40. The van der Waals surface area contributed by atoms with Gasteiger partial charge in [-0.05, 0) is 25.0 Å². The Kier molecular flexibility index (Phi) is 3.94. The summed E-state index contributed by atoms with van der Waals surface area (Å²) in [5.41, 5.74) is 2.16. The molecule has 1 aliphatic carbocycles. The Morgan fingerprint density at radius 2 is 2.41 bits per heavy atom. The van der Waals surface area contributed by atoms with E-state index in [1.807, 2.05) is 19.3 Å². The van der Waals surface area contributed by atoms with Crippen molar-refractivity contribution >= 4 is 5.69 Å². The van der Waals surface area contributed by atoms with Crippen LogP contribution in [0.25, 0.3) is 0 Å². The Morgan fingerprint density at radius 1 is 1.59 bits per heavy atom. The number of anilines is 1. The number of nitrogens with one attached hydrogen (secondary N) is 1. The van der Waals surface area contributed by atoms with E-state index in [0.29, 0.717) is 12.5 Å². The lowest BCUT2D eigenvalue weighted by atomic mass is 10.2. The summed E-state index contributed by atoms with van der Waals surface area (Å²) < 4.78 is 0. The molecule has 0 aromatic carbocycles. The zero-order valence-electron chi connectivity index (χ0n) is 10.2. The minimum atomic E-state index is 0.599. The summed E-state index contributed by atoms with van der Waals surface area (Å²) in [7, 11) is 1.91. The highest BCUT2D eigenvalue weighted by Crippen LogP contribution is 2.28. The minimum Gasteiger partial charge on any atom is -0.388 e. The van der Waals surface area contributed by atoms with Crippen molar-refractivity contribution in [1.29, 1.82) is 5.26 Å². The second-order valence-electron chi connectivity index (χ2n) is 4.40. The van der Waals surface area contributed by atoms with E-state index >= 15 is 0 Å². The van der Waals surface area contributed by atoms with Gasteiger partial charge in [-0.15, -0.1) is 0 Å². The van der Waals surface area contributed by atoms with Crippen LogP contribution >= 0.6 is 0 Å². The maximum atomic E-state index is 8.66. The summed E-state index contributed by atoms with van der Waals surface area (Å²) in [5, 5.41) is 11.8. The molecule has 4 heteroatoms. The van der Waals surface area contributed by atoms with E-state index in [-0.39, 0.29) is 0 Å². The van der Waals surface area contributed by atoms with Crippen LogP contribution in [0.15, 0.2) is 18.3 Å². The van der Waals surface area contributed by atoms with E-state index in [2.05, 4.69) is 27.3 Å². The summed E-state index contributed by atoms with van der Waals surface area (Å²) in [4.78, 5) is 6.75. The number of nitriles is 1. The van der Waals surface area contributed by atoms with E-state index in [0.717, 1.165) is 24.5 Å². The van der Waals surface area contributed by atoms with Crippen molar-refractivity contribution in [2.75, 3.05) is 18.9 Å². The van der Waals surface area contributed by atoms with Gasteiger partial charge in [-0.25, -0.2) is 0 Å². The molecule has 0 atom stereocenters. The third-order valence-corrected chi connectivity index (χ3v) is 3.04.